The topological polar surface area (TPSA) is 91.7 Å². The second-order valence-electron chi connectivity index (χ2n) is 7.99. The zero-order chi connectivity index (χ0) is 24.9. The van der Waals surface area contributed by atoms with Crippen LogP contribution in [-0.4, -0.2) is 50.1 Å². The van der Waals surface area contributed by atoms with Crippen LogP contribution in [0.3, 0.4) is 0 Å². The van der Waals surface area contributed by atoms with Crippen molar-refractivity contribution in [2.45, 2.75) is 12.6 Å². The van der Waals surface area contributed by atoms with E-state index in [0.29, 0.717) is 0 Å². The minimum Gasteiger partial charge on any atom is -0.359 e. The van der Waals surface area contributed by atoms with Crippen molar-refractivity contribution in [3.8, 4) is 5.69 Å². The monoisotopic (exact) mass is 495 g/mol. The smallest absolute Gasteiger partial charge is 0.359 e. The van der Waals surface area contributed by atoms with E-state index in [-0.39, 0.29) is 53.3 Å². The van der Waals surface area contributed by atoms with E-state index in [0.717, 1.165) is 22.9 Å². The van der Waals surface area contributed by atoms with Crippen molar-refractivity contribution in [3.05, 3.63) is 59.9 Å². The molecule has 0 unspecified atom stereocenters. The summed E-state index contributed by atoms with van der Waals surface area (Å²) in [6.45, 7) is -0.365. The van der Waals surface area contributed by atoms with Crippen molar-refractivity contribution >= 4 is 28.3 Å². The van der Waals surface area contributed by atoms with E-state index in [9.17, 15) is 31.1 Å². The van der Waals surface area contributed by atoms with Crippen LogP contribution in [0.25, 0.3) is 16.6 Å². The third kappa shape index (κ3) is 4.26. The molecule has 0 spiro atoms. The third-order valence-corrected chi connectivity index (χ3v) is 5.72. The maximum atomic E-state index is 14.7. The lowest BCUT2D eigenvalue weighted by Crippen LogP contribution is -2.28. The average Bonchev–Trinajstić information content (AvgIpc) is 3.54. The quantitative estimate of drug-likeness (QED) is 0.414. The second-order valence-corrected chi connectivity index (χ2v) is 7.99. The lowest BCUT2D eigenvalue weighted by molar-refractivity contribution is -0.168. The maximum absolute atomic E-state index is 14.7. The number of rotatable bonds is 4. The Hall–Kier alpha value is -4.10. The SMILES string of the molecule is O=C(Nc1c[nH]c2cc(F)c(F)cc12)c1cn(-c2cnc(N3CC[C@@H](C(F)(F)F)C3)c(F)c2)nn1. The highest BCUT2D eigenvalue weighted by Gasteiger charge is 2.44. The summed E-state index contributed by atoms with van der Waals surface area (Å²) >= 11 is 0. The average molecular weight is 495 g/mol. The molecule has 35 heavy (non-hydrogen) atoms. The van der Waals surface area contributed by atoms with Crippen LogP contribution in [0.1, 0.15) is 16.9 Å². The van der Waals surface area contributed by atoms with Crippen molar-refractivity contribution in [1.82, 2.24) is 25.0 Å². The Morgan fingerprint density at radius 1 is 1.11 bits per heavy atom. The second kappa shape index (κ2) is 8.29. The molecule has 1 aromatic carbocycles. The lowest BCUT2D eigenvalue weighted by Gasteiger charge is -2.19. The Balaban J connectivity index is 1.32. The van der Waals surface area contributed by atoms with Crippen LogP contribution in [0.2, 0.25) is 0 Å². The molecule has 1 amide bonds. The number of amides is 1. The molecule has 8 nitrogen and oxygen atoms in total. The first kappa shape index (κ1) is 22.7. The molecular formula is C21H15F6N7O. The van der Waals surface area contributed by atoms with Gasteiger partial charge in [-0.05, 0) is 12.5 Å². The highest BCUT2D eigenvalue weighted by atomic mass is 19.4. The molecular weight excluding hydrogens is 480 g/mol. The summed E-state index contributed by atoms with van der Waals surface area (Å²) in [5.74, 6) is -5.45. The number of nitrogens with one attached hydrogen (secondary N) is 2. The van der Waals surface area contributed by atoms with Gasteiger partial charge in [-0.3, -0.25) is 4.79 Å². The van der Waals surface area contributed by atoms with Crippen LogP contribution in [0.5, 0.6) is 0 Å². The molecule has 1 aliphatic heterocycles. The number of anilines is 2. The summed E-state index contributed by atoms with van der Waals surface area (Å²) in [4.78, 5) is 20.4. The van der Waals surface area contributed by atoms with E-state index in [2.05, 4.69) is 25.6 Å². The summed E-state index contributed by atoms with van der Waals surface area (Å²) < 4.78 is 81.4. The van der Waals surface area contributed by atoms with Crippen LogP contribution in [0.4, 0.5) is 37.8 Å². The molecule has 1 saturated heterocycles. The fourth-order valence-corrected chi connectivity index (χ4v) is 3.90. The number of pyridine rings is 1. The predicted molar refractivity (Wildman–Crippen MR) is 112 cm³/mol. The Bertz CT molecular complexity index is 1430. The number of benzene rings is 1. The molecule has 1 fully saturated rings. The molecule has 0 aliphatic carbocycles. The van der Waals surface area contributed by atoms with Crippen LogP contribution in [0.15, 0.2) is 36.8 Å². The van der Waals surface area contributed by atoms with Gasteiger partial charge >= 0.3 is 6.18 Å². The highest BCUT2D eigenvalue weighted by Crippen LogP contribution is 2.35. The van der Waals surface area contributed by atoms with Gasteiger partial charge in [-0.25, -0.2) is 22.8 Å². The Labute approximate surface area is 192 Å². The van der Waals surface area contributed by atoms with Crippen LogP contribution in [-0.2, 0) is 0 Å². The first-order valence-corrected chi connectivity index (χ1v) is 10.3. The molecule has 4 aromatic rings. The van der Waals surface area contributed by atoms with E-state index in [1.54, 1.807) is 0 Å². The number of hydrogen-bond acceptors (Lipinski definition) is 5. The van der Waals surface area contributed by atoms with E-state index >= 15 is 0 Å². The van der Waals surface area contributed by atoms with Crippen molar-refractivity contribution < 1.29 is 31.1 Å². The number of hydrogen-bond donors (Lipinski definition) is 2. The normalized spacial score (nSPS) is 16.3. The molecule has 5 rings (SSSR count). The highest BCUT2D eigenvalue weighted by molar-refractivity contribution is 6.07. The minimum atomic E-state index is -4.36. The molecule has 0 saturated carbocycles. The zero-order valence-electron chi connectivity index (χ0n) is 17.6. The van der Waals surface area contributed by atoms with E-state index in [1.807, 2.05) is 0 Å². The van der Waals surface area contributed by atoms with Crippen LogP contribution >= 0.6 is 0 Å². The van der Waals surface area contributed by atoms with Gasteiger partial charge in [0.05, 0.1) is 35.2 Å². The number of fused-ring (bicyclic) bond motifs is 1. The first-order valence-electron chi connectivity index (χ1n) is 10.3. The molecule has 4 heterocycles. The first-order chi connectivity index (χ1) is 16.6. The molecule has 14 heteroatoms. The molecule has 0 radical (unpaired) electrons. The van der Waals surface area contributed by atoms with E-state index in [4.69, 9.17) is 0 Å². The van der Waals surface area contributed by atoms with Gasteiger partial charge in [0, 0.05) is 36.8 Å². The van der Waals surface area contributed by atoms with Gasteiger partial charge in [0.1, 0.15) is 0 Å². The zero-order valence-corrected chi connectivity index (χ0v) is 17.6. The van der Waals surface area contributed by atoms with Crippen LogP contribution in [0, 0.1) is 23.4 Å². The Kier molecular flexibility index (Phi) is 5.37. The van der Waals surface area contributed by atoms with Gasteiger partial charge in [0.2, 0.25) is 0 Å². The number of nitrogens with zero attached hydrogens (tertiary/aromatic N) is 5. The Morgan fingerprint density at radius 3 is 2.60 bits per heavy atom. The minimum absolute atomic E-state index is 0.0193. The fourth-order valence-electron chi connectivity index (χ4n) is 3.90. The van der Waals surface area contributed by atoms with Gasteiger partial charge in [0.15, 0.2) is 29.0 Å². The van der Waals surface area contributed by atoms with Gasteiger partial charge in [0.25, 0.3) is 5.91 Å². The summed E-state index contributed by atoms with van der Waals surface area (Å²) in [6.07, 6.45) is -0.764. The predicted octanol–water partition coefficient (Wildman–Crippen LogP) is 4.20. The van der Waals surface area contributed by atoms with Crippen molar-refractivity contribution in [1.29, 1.82) is 0 Å². The summed E-state index contributed by atoms with van der Waals surface area (Å²) in [5, 5.41) is 10.2. The third-order valence-electron chi connectivity index (χ3n) is 5.72. The number of alkyl halides is 3. The molecule has 1 atom stereocenters. The van der Waals surface area contributed by atoms with E-state index in [1.165, 1.54) is 23.5 Å². The maximum Gasteiger partial charge on any atom is 0.393 e. The van der Waals surface area contributed by atoms with Crippen LogP contribution < -0.4 is 10.2 Å². The number of aromatic nitrogens is 5. The van der Waals surface area contributed by atoms with Gasteiger partial charge < -0.3 is 15.2 Å². The lowest BCUT2D eigenvalue weighted by atomic mass is 10.1. The van der Waals surface area contributed by atoms with Crippen molar-refractivity contribution in [3.63, 3.8) is 0 Å². The molecule has 3 aromatic heterocycles. The van der Waals surface area contributed by atoms with E-state index < -0.39 is 35.5 Å². The van der Waals surface area contributed by atoms with Crippen molar-refractivity contribution in [2.75, 3.05) is 23.3 Å². The number of halogens is 6. The number of carbonyl (C=O) groups is 1. The molecule has 182 valence electrons. The Morgan fingerprint density at radius 2 is 1.89 bits per heavy atom. The summed E-state index contributed by atoms with van der Waals surface area (Å²) in [6, 6.07) is 2.91. The number of carbonyl (C=O) groups excluding carboxylic acids is 1. The fraction of sp³-hybridized carbons (Fsp3) is 0.238. The van der Waals surface area contributed by atoms with Gasteiger partial charge in [-0.1, -0.05) is 5.21 Å². The summed E-state index contributed by atoms with van der Waals surface area (Å²) in [5.41, 5.74) is 0.371. The largest absolute Gasteiger partial charge is 0.393 e. The molecule has 2 N–H and O–H groups in total. The van der Waals surface area contributed by atoms with Crippen molar-refractivity contribution in [2.24, 2.45) is 5.92 Å². The molecule has 0 bridgehead atoms. The van der Waals surface area contributed by atoms with Gasteiger partial charge in [-0.2, -0.15) is 13.2 Å². The number of H-pyrrole nitrogens is 1. The number of aromatic amines is 1. The molecule has 1 aliphatic rings. The van der Waals surface area contributed by atoms with Gasteiger partial charge in [-0.15, -0.1) is 5.10 Å². The summed E-state index contributed by atoms with van der Waals surface area (Å²) in [7, 11) is 0. The standard InChI is InChI=1S/C21H15F6N7O/c22-13-4-12-16(5-14(13)23)28-7-17(12)30-20(35)18-9-34(32-31-18)11-3-15(24)19(29-6-11)33-2-1-10(8-33)21(25,26)27/h3-7,9-10,28H,1-2,8H2,(H,30,35)/t10-/m1/s1.